The van der Waals surface area contributed by atoms with Crippen LogP contribution in [0.5, 0.6) is 0 Å². The molecule has 0 saturated carbocycles. The van der Waals surface area contributed by atoms with Crippen LogP contribution in [0.25, 0.3) is 0 Å². The van der Waals surface area contributed by atoms with Gasteiger partial charge in [0.05, 0.1) is 11.9 Å². The van der Waals surface area contributed by atoms with Crippen molar-refractivity contribution in [3.8, 4) is 0 Å². The molecule has 6 nitrogen and oxygen atoms in total. The number of rotatable bonds is 2. The summed E-state index contributed by atoms with van der Waals surface area (Å²) in [6, 6.07) is 8.75. The van der Waals surface area contributed by atoms with E-state index >= 15 is 0 Å². The van der Waals surface area contributed by atoms with E-state index in [0.717, 1.165) is 0 Å². The molecule has 0 atom stereocenters. The maximum Gasteiger partial charge on any atom is 0.314 e. The fraction of sp³-hybridized carbons (Fsp3) is 0. The molecule has 0 aliphatic carbocycles. The third kappa shape index (κ3) is 2.91. The van der Waals surface area contributed by atoms with Gasteiger partial charge in [-0.05, 0) is 12.1 Å². The Kier molecular flexibility index (Phi) is 3.15. The minimum atomic E-state index is -0.741. The highest BCUT2D eigenvalue weighted by Crippen LogP contribution is 2.05. The summed E-state index contributed by atoms with van der Waals surface area (Å²) >= 11 is 0. The van der Waals surface area contributed by atoms with Gasteiger partial charge < -0.3 is 10.6 Å². The highest BCUT2D eigenvalue weighted by Gasteiger charge is 2.13. The first kappa shape index (κ1) is 10.9. The monoisotopic (exact) mass is 230 g/mol. The van der Waals surface area contributed by atoms with Gasteiger partial charge in [0, 0.05) is 11.9 Å². The Morgan fingerprint density at radius 2 is 1.65 bits per heavy atom. The lowest BCUT2D eigenvalue weighted by Crippen LogP contribution is -2.28. The molecule has 86 valence electrons. The van der Waals surface area contributed by atoms with Crippen LogP contribution in [0.15, 0.2) is 42.7 Å². The van der Waals surface area contributed by atoms with Gasteiger partial charge in [-0.1, -0.05) is 18.2 Å². The van der Waals surface area contributed by atoms with E-state index in [4.69, 9.17) is 0 Å². The lowest BCUT2D eigenvalue weighted by molar-refractivity contribution is -0.132. The average molecular weight is 230 g/mol. The summed E-state index contributed by atoms with van der Waals surface area (Å²) in [7, 11) is 0. The average Bonchev–Trinajstić information content (AvgIpc) is 2.83. The van der Waals surface area contributed by atoms with Crippen molar-refractivity contribution in [3.63, 3.8) is 0 Å². The molecule has 0 aliphatic heterocycles. The first-order valence-corrected chi connectivity index (χ1v) is 4.92. The number of aromatic amines is 1. The van der Waals surface area contributed by atoms with Gasteiger partial charge in [-0.2, -0.15) is 5.10 Å². The largest absolute Gasteiger partial charge is 0.318 e. The molecule has 1 aromatic carbocycles. The molecule has 0 saturated heterocycles. The molecule has 2 amide bonds. The van der Waals surface area contributed by atoms with E-state index in [1.54, 1.807) is 24.3 Å². The zero-order valence-corrected chi connectivity index (χ0v) is 8.81. The predicted molar refractivity (Wildman–Crippen MR) is 62.3 cm³/mol. The van der Waals surface area contributed by atoms with Crippen molar-refractivity contribution >= 4 is 23.2 Å². The van der Waals surface area contributed by atoms with Crippen molar-refractivity contribution in [1.82, 2.24) is 10.2 Å². The number of nitrogens with one attached hydrogen (secondary N) is 3. The lowest BCUT2D eigenvalue weighted by Gasteiger charge is -2.04. The summed E-state index contributed by atoms with van der Waals surface area (Å²) < 4.78 is 0. The molecule has 1 aromatic heterocycles. The maximum atomic E-state index is 11.5. The Balaban J connectivity index is 1.94. The van der Waals surface area contributed by atoms with Gasteiger partial charge in [0.15, 0.2) is 0 Å². The van der Waals surface area contributed by atoms with Crippen LogP contribution >= 0.6 is 0 Å². The van der Waals surface area contributed by atoms with E-state index in [1.807, 2.05) is 6.07 Å². The number of carbonyl (C=O) groups excluding carboxylic acids is 2. The number of amides is 2. The van der Waals surface area contributed by atoms with Crippen LogP contribution in [0, 0.1) is 0 Å². The lowest BCUT2D eigenvalue weighted by atomic mass is 10.3. The zero-order chi connectivity index (χ0) is 12.1. The van der Waals surface area contributed by atoms with Gasteiger partial charge in [-0.25, -0.2) is 0 Å². The quantitative estimate of drug-likeness (QED) is 0.672. The second kappa shape index (κ2) is 4.93. The predicted octanol–water partition coefficient (Wildman–Crippen LogP) is 0.987. The molecule has 17 heavy (non-hydrogen) atoms. The van der Waals surface area contributed by atoms with Crippen molar-refractivity contribution < 1.29 is 9.59 Å². The number of para-hydroxylation sites is 1. The van der Waals surface area contributed by atoms with Crippen LogP contribution in [0.2, 0.25) is 0 Å². The molecular formula is C11H10N4O2. The highest BCUT2D eigenvalue weighted by molar-refractivity contribution is 6.43. The van der Waals surface area contributed by atoms with Crippen LogP contribution in [-0.2, 0) is 9.59 Å². The summed E-state index contributed by atoms with van der Waals surface area (Å²) in [5.74, 6) is -1.47. The van der Waals surface area contributed by atoms with Gasteiger partial charge in [0.25, 0.3) is 0 Å². The Labute approximate surface area is 97.0 Å². The van der Waals surface area contributed by atoms with Crippen LogP contribution in [0.1, 0.15) is 0 Å². The Hall–Kier alpha value is -2.63. The number of carbonyl (C=O) groups is 2. The summed E-state index contributed by atoms with van der Waals surface area (Å²) in [4.78, 5) is 22.9. The molecule has 2 aromatic rings. The molecule has 0 spiro atoms. The van der Waals surface area contributed by atoms with Gasteiger partial charge in [0.1, 0.15) is 0 Å². The third-order valence-corrected chi connectivity index (χ3v) is 1.99. The highest BCUT2D eigenvalue weighted by atomic mass is 16.2. The van der Waals surface area contributed by atoms with Gasteiger partial charge >= 0.3 is 11.8 Å². The van der Waals surface area contributed by atoms with Crippen LogP contribution in [0.4, 0.5) is 11.4 Å². The van der Waals surface area contributed by atoms with E-state index in [9.17, 15) is 9.59 Å². The summed E-state index contributed by atoms with van der Waals surface area (Å²) in [5, 5.41) is 11.0. The zero-order valence-electron chi connectivity index (χ0n) is 8.81. The van der Waals surface area contributed by atoms with E-state index in [2.05, 4.69) is 20.8 Å². The topological polar surface area (TPSA) is 86.9 Å². The summed E-state index contributed by atoms with van der Waals surface area (Å²) in [6.45, 7) is 0. The number of aromatic nitrogens is 2. The number of H-pyrrole nitrogens is 1. The summed E-state index contributed by atoms with van der Waals surface area (Å²) in [6.07, 6.45) is 2.89. The Morgan fingerprint density at radius 1 is 1.00 bits per heavy atom. The van der Waals surface area contributed by atoms with E-state index in [-0.39, 0.29) is 0 Å². The van der Waals surface area contributed by atoms with Crippen LogP contribution < -0.4 is 10.6 Å². The van der Waals surface area contributed by atoms with E-state index < -0.39 is 11.8 Å². The summed E-state index contributed by atoms with van der Waals surface area (Å²) in [5.41, 5.74) is 1.01. The second-order valence-corrected chi connectivity index (χ2v) is 3.26. The minimum Gasteiger partial charge on any atom is -0.318 e. The standard InChI is InChI=1S/C11H10N4O2/c16-10(14-8-4-2-1-3-5-8)11(17)15-9-6-12-13-7-9/h1-7H,(H,12,13)(H,14,16)(H,15,17). The fourth-order valence-corrected chi connectivity index (χ4v) is 1.22. The van der Waals surface area contributed by atoms with Gasteiger partial charge in [0.2, 0.25) is 0 Å². The third-order valence-electron chi connectivity index (χ3n) is 1.99. The fourth-order valence-electron chi connectivity index (χ4n) is 1.22. The number of nitrogens with zero attached hydrogens (tertiary/aromatic N) is 1. The SMILES string of the molecule is O=C(Nc1ccccc1)C(=O)Nc1cn[nH]c1. The van der Waals surface area contributed by atoms with Crippen LogP contribution in [-0.4, -0.2) is 22.0 Å². The number of hydrogen-bond acceptors (Lipinski definition) is 3. The minimum absolute atomic E-state index is 0.443. The molecule has 6 heteroatoms. The van der Waals surface area contributed by atoms with Crippen LogP contribution in [0.3, 0.4) is 0 Å². The number of hydrogen-bond donors (Lipinski definition) is 3. The van der Waals surface area contributed by atoms with Crippen molar-refractivity contribution in [2.45, 2.75) is 0 Å². The number of anilines is 2. The van der Waals surface area contributed by atoms with Gasteiger partial charge in [-0.15, -0.1) is 0 Å². The molecule has 1 heterocycles. The Bertz CT molecular complexity index is 508. The molecule has 0 radical (unpaired) electrons. The second-order valence-electron chi connectivity index (χ2n) is 3.26. The molecular weight excluding hydrogens is 220 g/mol. The maximum absolute atomic E-state index is 11.5. The van der Waals surface area contributed by atoms with Crippen molar-refractivity contribution in [1.29, 1.82) is 0 Å². The normalized spacial score (nSPS) is 9.65. The molecule has 3 N–H and O–H groups in total. The smallest absolute Gasteiger partial charge is 0.314 e. The molecule has 0 aliphatic rings. The van der Waals surface area contributed by atoms with E-state index in [0.29, 0.717) is 11.4 Å². The van der Waals surface area contributed by atoms with E-state index in [1.165, 1.54) is 12.4 Å². The Morgan fingerprint density at radius 3 is 2.24 bits per heavy atom. The molecule has 0 fully saturated rings. The van der Waals surface area contributed by atoms with Gasteiger partial charge in [-0.3, -0.25) is 14.7 Å². The molecule has 2 rings (SSSR count). The first-order valence-electron chi connectivity index (χ1n) is 4.92. The van der Waals surface area contributed by atoms with Crippen molar-refractivity contribution in [3.05, 3.63) is 42.7 Å². The first-order chi connectivity index (χ1) is 8.25. The number of benzene rings is 1. The molecule has 0 unspecified atom stereocenters. The molecule has 0 bridgehead atoms. The van der Waals surface area contributed by atoms with Crippen molar-refractivity contribution in [2.75, 3.05) is 10.6 Å². The van der Waals surface area contributed by atoms with Crippen molar-refractivity contribution in [2.24, 2.45) is 0 Å².